The normalized spacial score (nSPS) is 14.6. The maximum atomic E-state index is 10.5. The summed E-state index contributed by atoms with van der Waals surface area (Å²) in [6.45, 7) is 1.82. The van der Waals surface area contributed by atoms with Gasteiger partial charge in [-0.1, -0.05) is 23.7 Å². The molecule has 0 aliphatic rings. The maximum absolute atomic E-state index is 10.5. The summed E-state index contributed by atoms with van der Waals surface area (Å²) in [6, 6.07) is 9.79. The Labute approximate surface area is 124 Å². The van der Waals surface area contributed by atoms with Gasteiger partial charge in [0.1, 0.15) is 0 Å². The van der Waals surface area contributed by atoms with Crippen molar-refractivity contribution >= 4 is 45.5 Å². The number of rotatable bonds is 3. The average molecular weight is 379 g/mol. The Morgan fingerprint density at radius 2 is 1.94 bits per heavy atom. The minimum Gasteiger partial charge on any atom is -0.385 e. The predicted molar refractivity (Wildman–Crippen MR) is 81.8 cm³/mol. The minimum atomic E-state index is -0.876. The molecule has 0 aliphatic carbocycles. The molecule has 0 aliphatic heterocycles. The Bertz CT molecular complexity index is 504. The summed E-state index contributed by atoms with van der Waals surface area (Å²) >= 11 is 9.89. The molecule has 0 amide bonds. The first-order valence-electron chi connectivity index (χ1n) is 5.19. The van der Waals surface area contributed by atoms with Gasteiger partial charge in [0.25, 0.3) is 0 Å². The van der Waals surface area contributed by atoms with Crippen LogP contribution in [0.25, 0.3) is 0 Å². The van der Waals surface area contributed by atoms with Gasteiger partial charge < -0.3 is 5.11 Å². The van der Waals surface area contributed by atoms with Gasteiger partial charge in [0.2, 0.25) is 0 Å². The zero-order valence-electron chi connectivity index (χ0n) is 9.28. The van der Waals surface area contributed by atoms with Crippen molar-refractivity contribution < 1.29 is 5.11 Å². The monoisotopic (exact) mass is 378 g/mol. The van der Waals surface area contributed by atoms with Crippen LogP contribution in [0.4, 0.5) is 0 Å². The number of halogens is 2. The first kappa shape index (κ1) is 13.3. The molecule has 90 valence electrons. The predicted octanol–water partition coefficient (Wildman–Crippen LogP) is 4.46. The van der Waals surface area contributed by atoms with Crippen molar-refractivity contribution in [1.82, 2.24) is 0 Å². The molecule has 0 fully saturated rings. The van der Waals surface area contributed by atoms with Gasteiger partial charge in [0, 0.05) is 14.9 Å². The molecule has 17 heavy (non-hydrogen) atoms. The molecule has 1 aromatic heterocycles. The molecule has 1 heterocycles. The highest BCUT2D eigenvalue weighted by atomic mass is 127. The number of hydrogen-bond acceptors (Lipinski definition) is 2. The highest BCUT2D eigenvalue weighted by Gasteiger charge is 2.25. The number of aliphatic hydroxyl groups is 1. The quantitative estimate of drug-likeness (QED) is 0.782. The molecule has 1 N–H and O–H groups in total. The van der Waals surface area contributed by atoms with Crippen LogP contribution in [0.5, 0.6) is 0 Å². The fourth-order valence-corrected chi connectivity index (χ4v) is 3.29. The smallest absolute Gasteiger partial charge is 0.0917 e. The zero-order chi connectivity index (χ0) is 12.5. The molecule has 0 radical (unpaired) electrons. The Morgan fingerprint density at radius 3 is 2.47 bits per heavy atom. The lowest BCUT2D eigenvalue weighted by atomic mass is 9.92. The zero-order valence-corrected chi connectivity index (χ0v) is 13.0. The lowest BCUT2D eigenvalue weighted by Gasteiger charge is -2.23. The van der Waals surface area contributed by atoms with Gasteiger partial charge >= 0.3 is 0 Å². The summed E-state index contributed by atoms with van der Waals surface area (Å²) in [5.74, 6) is 0. The van der Waals surface area contributed by atoms with E-state index in [4.69, 9.17) is 11.6 Å². The largest absolute Gasteiger partial charge is 0.385 e. The molecule has 1 unspecified atom stereocenters. The van der Waals surface area contributed by atoms with Gasteiger partial charge in [-0.2, -0.15) is 0 Å². The van der Waals surface area contributed by atoms with Crippen LogP contribution < -0.4 is 0 Å². The van der Waals surface area contributed by atoms with E-state index in [9.17, 15) is 5.11 Å². The van der Waals surface area contributed by atoms with Gasteiger partial charge in [0.05, 0.1) is 10.6 Å². The van der Waals surface area contributed by atoms with E-state index >= 15 is 0 Å². The second-order valence-electron chi connectivity index (χ2n) is 4.15. The van der Waals surface area contributed by atoms with E-state index in [0.29, 0.717) is 6.42 Å². The molecule has 2 rings (SSSR count). The van der Waals surface area contributed by atoms with Crippen LogP contribution >= 0.6 is 45.5 Å². The SMILES string of the molecule is CC(O)(Cc1sccc1Cl)c1ccc(I)cc1. The second-order valence-corrected chi connectivity index (χ2v) is 6.80. The van der Waals surface area contributed by atoms with E-state index in [0.717, 1.165) is 19.0 Å². The summed E-state index contributed by atoms with van der Waals surface area (Å²) in [5.41, 5.74) is 0.0427. The second kappa shape index (κ2) is 5.26. The van der Waals surface area contributed by atoms with Gasteiger partial charge in [0.15, 0.2) is 0 Å². The Hall–Kier alpha value is -0.100. The summed E-state index contributed by atoms with van der Waals surface area (Å²) < 4.78 is 1.16. The van der Waals surface area contributed by atoms with Crippen LogP contribution in [0.15, 0.2) is 35.7 Å². The van der Waals surface area contributed by atoms with Crippen LogP contribution in [-0.2, 0) is 12.0 Å². The third-order valence-electron chi connectivity index (χ3n) is 2.66. The molecule has 1 nitrogen and oxygen atoms in total. The highest BCUT2D eigenvalue weighted by Crippen LogP contribution is 2.31. The molecule has 0 saturated heterocycles. The van der Waals surface area contributed by atoms with Crippen molar-refractivity contribution in [1.29, 1.82) is 0 Å². The maximum Gasteiger partial charge on any atom is 0.0917 e. The lowest BCUT2D eigenvalue weighted by Crippen LogP contribution is -2.23. The van der Waals surface area contributed by atoms with E-state index in [1.807, 2.05) is 42.6 Å². The Kier molecular flexibility index (Phi) is 4.13. The molecule has 1 aromatic carbocycles. The van der Waals surface area contributed by atoms with Crippen molar-refractivity contribution in [3.63, 3.8) is 0 Å². The minimum absolute atomic E-state index is 0.546. The first-order valence-corrected chi connectivity index (χ1v) is 7.53. The van der Waals surface area contributed by atoms with E-state index in [2.05, 4.69) is 22.6 Å². The Balaban J connectivity index is 2.24. The van der Waals surface area contributed by atoms with E-state index < -0.39 is 5.60 Å². The third kappa shape index (κ3) is 3.22. The first-order chi connectivity index (χ1) is 7.99. The van der Waals surface area contributed by atoms with Gasteiger partial charge in [-0.25, -0.2) is 0 Å². The van der Waals surface area contributed by atoms with Crippen LogP contribution in [0, 0.1) is 3.57 Å². The summed E-state index contributed by atoms with van der Waals surface area (Å²) in [4.78, 5) is 1.02. The van der Waals surface area contributed by atoms with Crippen molar-refractivity contribution in [3.05, 3.63) is 54.7 Å². The summed E-state index contributed by atoms with van der Waals surface area (Å²) in [7, 11) is 0. The highest BCUT2D eigenvalue weighted by molar-refractivity contribution is 14.1. The third-order valence-corrected chi connectivity index (χ3v) is 4.77. The van der Waals surface area contributed by atoms with E-state index in [1.165, 1.54) is 0 Å². The summed E-state index contributed by atoms with van der Waals surface area (Å²) in [5, 5.41) is 13.2. The van der Waals surface area contributed by atoms with Crippen LogP contribution in [0.1, 0.15) is 17.4 Å². The van der Waals surface area contributed by atoms with Crippen molar-refractivity contribution in [3.8, 4) is 0 Å². The number of hydrogen-bond donors (Lipinski definition) is 1. The Morgan fingerprint density at radius 1 is 1.29 bits per heavy atom. The van der Waals surface area contributed by atoms with Crippen LogP contribution in [0.2, 0.25) is 5.02 Å². The van der Waals surface area contributed by atoms with Gasteiger partial charge in [-0.05, 0) is 58.7 Å². The van der Waals surface area contributed by atoms with Crippen LogP contribution in [0.3, 0.4) is 0 Å². The topological polar surface area (TPSA) is 20.2 Å². The van der Waals surface area contributed by atoms with Gasteiger partial charge in [-0.15, -0.1) is 11.3 Å². The number of thiophene rings is 1. The van der Waals surface area contributed by atoms with Gasteiger partial charge in [-0.3, -0.25) is 0 Å². The average Bonchev–Trinajstić information content (AvgIpc) is 2.64. The summed E-state index contributed by atoms with van der Waals surface area (Å²) in [6.07, 6.45) is 0.546. The molecule has 2 aromatic rings. The van der Waals surface area contributed by atoms with Crippen molar-refractivity contribution in [2.45, 2.75) is 18.9 Å². The van der Waals surface area contributed by atoms with Crippen molar-refractivity contribution in [2.24, 2.45) is 0 Å². The molecule has 4 heteroatoms. The van der Waals surface area contributed by atoms with E-state index in [1.54, 1.807) is 11.3 Å². The lowest BCUT2D eigenvalue weighted by molar-refractivity contribution is 0.0585. The van der Waals surface area contributed by atoms with E-state index in [-0.39, 0.29) is 0 Å². The molecule has 0 bridgehead atoms. The van der Waals surface area contributed by atoms with Crippen molar-refractivity contribution in [2.75, 3.05) is 0 Å². The molecule has 0 saturated carbocycles. The standard InChI is InChI=1S/C13H12ClIOS/c1-13(16,8-12-11(14)6-7-17-12)9-2-4-10(15)5-3-9/h2-7,16H,8H2,1H3. The van der Waals surface area contributed by atoms with Crippen LogP contribution in [-0.4, -0.2) is 5.11 Å². The molecule has 1 atom stereocenters. The fraction of sp³-hybridized carbons (Fsp3) is 0.231. The molecule has 0 spiro atoms. The number of benzene rings is 1. The molecular weight excluding hydrogens is 367 g/mol. The molecular formula is C13H12ClIOS. The fourth-order valence-electron chi connectivity index (χ4n) is 1.67.